The largest absolute Gasteiger partial charge is 0.489 e. The maximum atomic E-state index is 13.2. The van der Waals surface area contributed by atoms with Crippen LogP contribution in [0.15, 0.2) is 46.9 Å². The van der Waals surface area contributed by atoms with Crippen LogP contribution in [-0.2, 0) is 13.2 Å². The summed E-state index contributed by atoms with van der Waals surface area (Å²) in [5, 5.41) is 0. The number of ether oxygens (including phenoxy) is 1. The van der Waals surface area contributed by atoms with Gasteiger partial charge in [-0.05, 0) is 41.5 Å². The van der Waals surface area contributed by atoms with Crippen molar-refractivity contribution >= 4 is 15.9 Å². The average Bonchev–Trinajstić information content (AvgIpc) is 2.36. The lowest BCUT2D eigenvalue weighted by Crippen LogP contribution is -1.98. The Labute approximate surface area is 114 Å². The molecule has 4 heteroatoms. The Morgan fingerprint density at radius 2 is 1.78 bits per heavy atom. The summed E-state index contributed by atoms with van der Waals surface area (Å²) in [5.41, 5.74) is 7.34. The second kappa shape index (κ2) is 5.98. The summed E-state index contributed by atoms with van der Waals surface area (Å²) in [6.45, 7) is 0.843. The number of hydrogen-bond donors (Lipinski definition) is 1. The van der Waals surface area contributed by atoms with Crippen molar-refractivity contribution in [1.29, 1.82) is 0 Å². The third-order valence-corrected chi connectivity index (χ3v) is 2.94. The Morgan fingerprint density at radius 3 is 2.39 bits per heavy atom. The Kier molecular flexibility index (Phi) is 4.33. The van der Waals surface area contributed by atoms with E-state index in [0.717, 1.165) is 16.9 Å². The fourth-order valence-corrected chi connectivity index (χ4v) is 2.10. The van der Waals surface area contributed by atoms with Crippen molar-refractivity contribution in [1.82, 2.24) is 0 Å². The van der Waals surface area contributed by atoms with Gasteiger partial charge in [-0.1, -0.05) is 28.1 Å². The Hall–Kier alpha value is -1.39. The van der Waals surface area contributed by atoms with Gasteiger partial charge in [0.05, 0.1) is 0 Å². The zero-order chi connectivity index (χ0) is 13.0. The molecule has 0 atom stereocenters. The Bertz CT molecular complexity index is 508. The number of benzene rings is 2. The Morgan fingerprint density at radius 1 is 1.06 bits per heavy atom. The lowest BCUT2D eigenvalue weighted by molar-refractivity contribution is 0.305. The molecule has 2 rings (SSSR count). The van der Waals surface area contributed by atoms with E-state index in [1.165, 1.54) is 12.1 Å². The van der Waals surface area contributed by atoms with Crippen LogP contribution < -0.4 is 10.5 Å². The van der Waals surface area contributed by atoms with Crippen LogP contribution in [0, 0.1) is 5.82 Å². The summed E-state index contributed by atoms with van der Waals surface area (Å²) in [5.74, 6) is 0.467. The van der Waals surface area contributed by atoms with Crippen molar-refractivity contribution in [2.75, 3.05) is 0 Å². The summed E-state index contributed by atoms with van der Waals surface area (Å²) in [4.78, 5) is 0. The van der Waals surface area contributed by atoms with Gasteiger partial charge in [-0.3, -0.25) is 0 Å². The summed E-state index contributed by atoms with van der Waals surface area (Å²) in [7, 11) is 0. The third-order valence-electron chi connectivity index (χ3n) is 2.49. The lowest BCUT2D eigenvalue weighted by Gasteiger charge is -2.07. The van der Waals surface area contributed by atoms with Crippen LogP contribution in [0.3, 0.4) is 0 Å². The van der Waals surface area contributed by atoms with Gasteiger partial charge in [0, 0.05) is 11.0 Å². The summed E-state index contributed by atoms with van der Waals surface area (Å²) >= 11 is 3.25. The normalized spacial score (nSPS) is 10.4. The molecule has 0 aliphatic carbocycles. The molecule has 2 aromatic carbocycles. The first-order chi connectivity index (χ1) is 8.67. The van der Waals surface area contributed by atoms with Gasteiger partial charge >= 0.3 is 0 Å². The zero-order valence-corrected chi connectivity index (χ0v) is 11.3. The smallest absolute Gasteiger partial charge is 0.124 e. The minimum Gasteiger partial charge on any atom is -0.489 e. The van der Waals surface area contributed by atoms with Gasteiger partial charge in [0.2, 0.25) is 0 Å². The predicted molar refractivity (Wildman–Crippen MR) is 72.8 cm³/mol. The van der Waals surface area contributed by atoms with Gasteiger partial charge < -0.3 is 10.5 Å². The molecule has 18 heavy (non-hydrogen) atoms. The van der Waals surface area contributed by atoms with Gasteiger partial charge in [0.15, 0.2) is 0 Å². The van der Waals surface area contributed by atoms with Crippen LogP contribution >= 0.6 is 15.9 Å². The molecule has 2 N–H and O–H groups in total. The molecule has 0 unspecified atom stereocenters. The van der Waals surface area contributed by atoms with E-state index in [-0.39, 0.29) is 5.82 Å². The van der Waals surface area contributed by atoms with Crippen molar-refractivity contribution < 1.29 is 9.13 Å². The van der Waals surface area contributed by atoms with Crippen LogP contribution in [0.25, 0.3) is 0 Å². The number of rotatable bonds is 4. The molecule has 94 valence electrons. The minimum atomic E-state index is -0.276. The van der Waals surface area contributed by atoms with Crippen molar-refractivity contribution in [3.8, 4) is 5.75 Å². The maximum Gasteiger partial charge on any atom is 0.124 e. The average molecular weight is 310 g/mol. The first kappa shape index (κ1) is 13.1. The molecule has 0 saturated carbocycles. The van der Waals surface area contributed by atoms with Gasteiger partial charge in [-0.25, -0.2) is 4.39 Å². The molecule has 2 aromatic rings. The van der Waals surface area contributed by atoms with Crippen molar-refractivity contribution in [2.45, 2.75) is 13.2 Å². The topological polar surface area (TPSA) is 35.2 Å². The van der Waals surface area contributed by atoms with Gasteiger partial charge in [0.25, 0.3) is 0 Å². The van der Waals surface area contributed by atoms with E-state index in [0.29, 0.717) is 17.6 Å². The molecule has 0 radical (unpaired) electrons. The molecule has 0 saturated heterocycles. The molecule has 0 fully saturated rings. The summed E-state index contributed by atoms with van der Waals surface area (Å²) < 4.78 is 19.4. The molecule has 0 aliphatic heterocycles. The summed E-state index contributed by atoms with van der Waals surface area (Å²) in [6, 6.07) is 12.2. The minimum absolute atomic E-state index is 0.276. The van der Waals surface area contributed by atoms with Gasteiger partial charge in [-0.15, -0.1) is 0 Å². The van der Waals surface area contributed by atoms with E-state index < -0.39 is 0 Å². The van der Waals surface area contributed by atoms with E-state index in [4.69, 9.17) is 10.5 Å². The van der Waals surface area contributed by atoms with Gasteiger partial charge in [-0.2, -0.15) is 0 Å². The fourth-order valence-electron chi connectivity index (χ4n) is 1.58. The SMILES string of the molecule is NCc1ccc(OCc2cc(F)cc(Br)c2)cc1. The highest BCUT2D eigenvalue weighted by Gasteiger charge is 2.00. The quantitative estimate of drug-likeness (QED) is 0.936. The second-order valence-electron chi connectivity index (χ2n) is 3.91. The summed E-state index contributed by atoms with van der Waals surface area (Å²) in [6.07, 6.45) is 0. The van der Waals surface area contributed by atoms with Crippen molar-refractivity contribution in [2.24, 2.45) is 5.73 Å². The lowest BCUT2D eigenvalue weighted by atomic mass is 10.2. The molecule has 0 heterocycles. The highest BCUT2D eigenvalue weighted by molar-refractivity contribution is 9.10. The van der Waals surface area contributed by atoms with Crippen LogP contribution in [-0.4, -0.2) is 0 Å². The van der Waals surface area contributed by atoms with E-state index in [9.17, 15) is 4.39 Å². The number of halogens is 2. The van der Waals surface area contributed by atoms with E-state index in [1.807, 2.05) is 30.3 Å². The van der Waals surface area contributed by atoms with Crippen LogP contribution in [0.2, 0.25) is 0 Å². The third kappa shape index (κ3) is 3.55. The Balaban J connectivity index is 2.01. The van der Waals surface area contributed by atoms with E-state index in [2.05, 4.69) is 15.9 Å². The molecule has 0 amide bonds. The predicted octanol–water partition coefficient (Wildman–Crippen LogP) is 3.63. The first-order valence-corrected chi connectivity index (χ1v) is 6.33. The van der Waals surface area contributed by atoms with Crippen LogP contribution in [0.1, 0.15) is 11.1 Å². The molecular weight excluding hydrogens is 297 g/mol. The monoisotopic (exact) mass is 309 g/mol. The zero-order valence-electron chi connectivity index (χ0n) is 9.70. The highest BCUT2D eigenvalue weighted by Crippen LogP contribution is 2.18. The molecule has 0 bridgehead atoms. The number of hydrogen-bond acceptors (Lipinski definition) is 2. The standard InChI is InChI=1S/C14H13BrFNO/c15-12-5-11(6-13(16)7-12)9-18-14-3-1-10(8-17)2-4-14/h1-7H,8-9,17H2. The van der Waals surface area contributed by atoms with Gasteiger partial charge in [0.1, 0.15) is 18.2 Å². The van der Waals surface area contributed by atoms with E-state index in [1.54, 1.807) is 0 Å². The number of nitrogens with two attached hydrogens (primary N) is 1. The second-order valence-corrected chi connectivity index (χ2v) is 4.83. The molecular formula is C14H13BrFNO. The molecule has 0 aliphatic rings. The van der Waals surface area contributed by atoms with Crippen LogP contribution in [0.5, 0.6) is 5.75 Å². The van der Waals surface area contributed by atoms with Crippen molar-refractivity contribution in [3.05, 3.63) is 63.9 Å². The van der Waals surface area contributed by atoms with E-state index >= 15 is 0 Å². The fraction of sp³-hybridized carbons (Fsp3) is 0.143. The molecule has 0 spiro atoms. The molecule has 2 nitrogen and oxygen atoms in total. The first-order valence-electron chi connectivity index (χ1n) is 5.54. The maximum absolute atomic E-state index is 13.2. The van der Waals surface area contributed by atoms with Crippen LogP contribution in [0.4, 0.5) is 4.39 Å². The molecule has 0 aromatic heterocycles. The van der Waals surface area contributed by atoms with Crippen molar-refractivity contribution in [3.63, 3.8) is 0 Å². The highest BCUT2D eigenvalue weighted by atomic mass is 79.9.